The van der Waals surface area contributed by atoms with Crippen LogP contribution in [0.2, 0.25) is 0 Å². The van der Waals surface area contributed by atoms with Gasteiger partial charge in [0, 0.05) is 0 Å². The Morgan fingerprint density at radius 2 is 1.48 bits per heavy atom. The zero-order valence-corrected chi connectivity index (χ0v) is 21.4. The first-order valence-corrected chi connectivity index (χ1v) is 11.3. The van der Waals surface area contributed by atoms with Crippen LogP contribution in [0, 0.1) is 5.92 Å². The van der Waals surface area contributed by atoms with E-state index in [4.69, 9.17) is 0 Å². The molecule has 0 aromatic carbocycles. The van der Waals surface area contributed by atoms with Crippen molar-refractivity contribution in [3.05, 3.63) is 24.3 Å². The normalized spacial score (nSPS) is 14.2. The van der Waals surface area contributed by atoms with Gasteiger partial charge in [-0.1, -0.05) is 83.6 Å². The Labute approximate surface area is 201 Å². The van der Waals surface area contributed by atoms with Crippen LogP contribution in [0.4, 0.5) is 0 Å². The van der Waals surface area contributed by atoms with Crippen molar-refractivity contribution in [2.24, 2.45) is 10.9 Å². The molecule has 0 rings (SSSR count). The summed E-state index contributed by atoms with van der Waals surface area (Å²) in [5.41, 5.74) is 0. The van der Waals surface area contributed by atoms with Crippen LogP contribution in [0.25, 0.3) is 0 Å². The van der Waals surface area contributed by atoms with Gasteiger partial charge in [-0.2, -0.15) is 0 Å². The fourth-order valence-electron chi connectivity index (χ4n) is 2.96. The predicted octanol–water partition coefficient (Wildman–Crippen LogP) is 3.06. The maximum Gasteiger partial charge on any atom is 1.00 e. The molecule has 0 saturated carbocycles. The van der Waals surface area contributed by atoms with Gasteiger partial charge in [-0.15, -0.1) is 0 Å². The molecule has 0 amide bonds. The molecule has 0 spiro atoms. The Kier molecular flexibility index (Phi) is 23.3. The number of aliphatic imine (C=N–C) groups is 1. The standard InChI is InChI=1S/C24H43NO3.Na/c1-4-6-7-8-9-10-11-12-13-14-15-16-17-18-19-20-22(26)25-23(24(27)28)21(3)5-2;/h9-10,12-13,21,23H,4-8,11,14-20H2,1-3H3,(H,25,26)(H,27,28);/q;+1/p-1/b10-9-,13-12-;/t21-,23-;/m0./s1. The Morgan fingerprint density at radius 1 is 0.931 bits per heavy atom. The molecule has 0 heterocycles. The van der Waals surface area contributed by atoms with Crippen LogP contribution in [0.3, 0.4) is 0 Å². The molecule has 0 aliphatic carbocycles. The molecule has 4 nitrogen and oxygen atoms in total. The smallest absolute Gasteiger partial charge is 0.862 e. The summed E-state index contributed by atoms with van der Waals surface area (Å²) in [5, 5.41) is 21.0. The summed E-state index contributed by atoms with van der Waals surface area (Å²) in [6.45, 7) is 5.97. The van der Waals surface area contributed by atoms with Gasteiger partial charge in [0.25, 0.3) is 0 Å². The molecule has 0 aliphatic heterocycles. The molecule has 0 unspecified atom stereocenters. The third-order valence-electron chi connectivity index (χ3n) is 5.06. The minimum Gasteiger partial charge on any atom is -0.862 e. The topological polar surface area (TPSA) is 72.7 Å². The number of unbranched alkanes of at least 4 members (excludes halogenated alkanes) is 8. The van der Waals surface area contributed by atoms with Gasteiger partial charge in [0.2, 0.25) is 0 Å². The molecule has 0 aliphatic rings. The number of hydrogen-bond acceptors (Lipinski definition) is 3. The number of allylic oxidation sites excluding steroid dienone is 4. The second-order valence-electron chi connectivity index (χ2n) is 7.67. The average molecular weight is 416 g/mol. The van der Waals surface area contributed by atoms with Gasteiger partial charge >= 0.3 is 35.5 Å². The fraction of sp³-hybridized carbons (Fsp3) is 0.750. The van der Waals surface area contributed by atoms with Crippen molar-refractivity contribution in [3.63, 3.8) is 0 Å². The minimum absolute atomic E-state index is 0. The number of carboxylic acids is 1. The van der Waals surface area contributed by atoms with Crippen LogP contribution >= 0.6 is 0 Å². The summed E-state index contributed by atoms with van der Waals surface area (Å²) in [6.07, 6.45) is 22.7. The van der Waals surface area contributed by atoms with Crippen molar-refractivity contribution in [1.82, 2.24) is 0 Å². The van der Waals surface area contributed by atoms with Crippen molar-refractivity contribution < 1.29 is 44.6 Å². The molecule has 2 atom stereocenters. The van der Waals surface area contributed by atoms with E-state index in [2.05, 4.69) is 36.2 Å². The molecule has 162 valence electrons. The molecule has 5 heteroatoms. The number of aliphatic carboxylic acids is 1. The van der Waals surface area contributed by atoms with E-state index in [-0.39, 0.29) is 41.4 Å². The minimum atomic E-state index is -0.997. The van der Waals surface area contributed by atoms with E-state index in [1.54, 1.807) is 0 Å². The third-order valence-corrected chi connectivity index (χ3v) is 5.06. The van der Waals surface area contributed by atoms with Gasteiger partial charge in [-0.05, 0) is 56.8 Å². The van der Waals surface area contributed by atoms with E-state index in [1.165, 1.54) is 38.5 Å². The van der Waals surface area contributed by atoms with E-state index in [1.807, 2.05) is 13.8 Å². The van der Waals surface area contributed by atoms with Gasteiger partial charge in [0.1, 0.15) is 6.04 Å². The van der Waals surface area contributed by atoms with Crippen molar-refractivity contribution in [3.8, 4) is 0 Å². The van der Waals surface area contributed by atoms with Gasteiger partial charge in [-0.3, -0.25) is 4.99 Å². The first-order chi connectivity index (χ1) is 13.5. The molecule has 1 N–H and O–H groups in total. The Bertz CT molecular complexity index is 475. The van der Waals surface area contributed by atoms with Crippen LogP contribution in [-0.4, -0.2) is 23.0 Å². The van der Waals surface area contributed by atoms with Crippen LogP contribution in [0.1, 0.15) is 104 Å². The van der Waals surface area contributed by atoms with Crippen molar-refractivity contribution >= 4 is 11.9 Å². The second-order valence-corrected chi connectivity index (χ2v) is 7.67. The zero-order chi connectivity index (χ0) is 21.0. The first-order valence-electron chi connectivity index (χ1n) is 11.3. The Morgan fingerprint density at radius 3 is 2.03 bits per heavy atom. The number of carboxylic acid groups (broad SMARTS) is 1. The Hall–Kier alpha value is -0.580. The van der Waals surface area contributed by atoms with E-state index in [9.17, 15) is 15.0 Å². The Balaban J connectivity index is 0. The maximum atomic E-state index is 11.9. The van der Waals surface area contributed by atoms with Crippen LogP contribution < -0.4 is 34.7 Å². The van der Waals surface area contributed by atoms with Crippen molar-refractivity contribution in [2.45, 2.75) is 110 Å². The summed E-state index contributed by atoms with van der Waals surface area (Å²) in [6, 6.07) is -0.893. The van der Waals surface area contributed by atoms with Gasteiger partial charge < -0.3 is 10.2 Å². The van der Waals surface area contributed by atoms with E-state index < -0.39 is 12.0 Å². The zero-order valence-electron chi connectivity index (χ0n) is 19.4. The number of hydrogen-bond donors (Lipinski definition) is 1. The monoisotopic (exact) mass is 415 g/mol. The van der Waals surface area contributed by atoms with Crippen molar-refractivity contribution in [1.29, 1.82) is 0 Å². The SMILES string of the molecule is CCCCC/C=C\C/C=C\CCCCCCCC([O-])=N[C@H](C(=O)O)[C@@H](C)CC.[Na+]. The largest absolute Gasteiger partial charge is 1.00 e. The first kappa shape index (κ1) is 30.6. The quantitative estimate of drug-likeness (QED) is 0.123. The van der Waals surface area contributed by atoms with Crippen LogP contribution in [0.15, 0.2) is 29.3 Å². The second kappa shape index (κ2) is 22.1. The van der Waals surface area contributed by atoms with Crippen molar-refractivity contribution in [2.75, 3.05) is 0 Å². The maximum absolute atomic E-state index is 11.9. The van der Waals surface area contributed by atoms with Gasteiger partial charge in [0.15, 0.2) is 0 Å². The number of rotatable bonds is 18. The molecule has 0 fully saturated rings. The van der Waals surface area contributed by atoms with E-state index in [0.29, 0.717) is 12.8 Å². The molecule has 0 bridgehead atoms. The summed E-state index contributed by atoms with van der Waals surface area (Å²) in [7, 11) is 0. The molecule has 0 saturated heterocycles. The third kappa shape index (κ3) is 19.1. The average Bonchev–Trinajstić information content (AvgIpc) is 2.68. The van der Waals surface area contributed by atoms with Crippen LogP contribution in [0.5, 0.6) is 0 Å². The molecular formula is C24H42NNaO3. The van der Waals surface area contributed by atoms with Gasteiger partial charge in [-0.25, -0.2) is 4.79 Å². The summed E-state index contributed by atoms with van der Waals surface area (Å²) in [5.74, 6) is -1.37. The molecule has 0 radical (unpaired) electrons. The summed E-state index contributed by atoms with van der Waals surface area (Å²) in [4.78, 5) is 15.1. The molecule has 0 aromatic rings. The summed E-state index contributed by atoms with van der Waals surface area (Å²) >= 11 is 0. The molecular weight excluding hydrogens is 373 g/mol. The van der Waals surface area contributed by atoms with Gasteiger partial charge in [0.05, 0.1) is 0 Å². The van der Waals surface area contributed by atoms with Crippen LogP contribution in [-0.2, 0) is 4.79 Å². The number of nitrogens with zero attached hydrogens (tertiary/aromatic N) is 1. The van der Waals surface area contributed by atoms with E-state index >= 15 is 0 Å². The fourth-order valence-corrected chi connectivity index (χ4v) is 2.96. The molecule has 29 heavy (non-hydrogen) atoms. The number of carbonyl (C=O) groups is 1. The predicted molar refractivity (Wildman–Crippen MR) is 118 cm³/mol. The molecule has 0 aromatic heterocycles. The van der Waals surface area contributed by atoms with E-state index in [0.717, 1.165) is 32.1 Å². The summed E-state index contributed by atoms with van der Waals surface area (Å²) < 4.78 is 0.